The van der Waals surface area contributed by atoms with E-state index in [1.165, 1.54) is 11.3 Å². The molecule has 0 fully saturated rings. The Morgan fingerprint density at radius 2 is 1.85 bits per heavy atom. The molecule has 0 aliphatic rings. The van der Waals surface area contributed by atoms with Crippen LogP contribution in [0.2, 0.25) is 5.02 Å². The van der Waals surface area contributed by atoms with Gasteiger partial charge in [0, 0.05) is 16.4 Å². The number of hydrogen-bond acceptors (Lipinski definition) is 2. The van der Waals surface area contributed by atoms with Gasteiger partial charge in [-0.15, -0.1) is 11.3 Å². The molecule has 0 unspecified atom stereocenters. The Kier molecular flexibility index (Phi) is 4.73. The first-order chi connectivity index (χ1) is 9.37. The zero-order chi connectivity index (χ0) is 14.8. The van der Waals surface area contributed by atoms with Crippen molar-refractivity contribution in [2.75, 3.05) is 6.54 Å². The van der Waals surface area contributed by atoms with Crippen LogP contribution in [0.5, 0.6) is 0 Å². The second-order valence-corrected chi connectivity index (χ2v) is 5.76. The SMILES string of the molecule is Cc1c(CNCC(F)(F)F)csc1-c1ccc(Cl)cc1. The van der Waals surface area contributed by atoms with Crippen molar-refractivity contribution in [2.24, 2.45) is 0 Å². The molecule has 1 aromatic heterocycles. The number of benzene rings is 1. The Labute approximate surface area is 124 Å². The Morgan fingerprint density at radius 1 is 1.20 bits per heavy atom. The first-order valence-electron chi connectivity index (χ1n) is 5.97. The molecule has 0 spiro atoms. The molecule has 2 aromatic rings. The van der Waals surface area contributed by atoms with Crippen LogP contribution in [0, 0.1) is 6.92 Å². The van der Waals surface area contributed by atoms with Gasteiger partial charge in [-0.3, -0.25) is 0 Å². The predicted octanol–water partition coefficient (Wildman–Crippen LogP) is 5.03. The van der Waals surface area contributed by atoms with Crippen molar-refractivity contribution < 1.29 is 13.2 Å². The predicted molar refractivity (Wildman–Crippen MR) is 77.3 cm³/mol. The summed E-state index contributed by atoms with van der Waals surface area (Å²) < 4.78 is 36.3. The zero-order valence-corrected chi connectivity index (χ0v) is 12.3. The molecule has 0 atom stereocenters. The molecular formula is C14H13ClF3NS. The minimum Gasteiger partial charge on any atom is -0.305 e. The van der Waals surface area contributed by atoms with Crippen LogP contribution in [0.25, 0.3) is 10.4 Å². The monoisotopic (exact) mass is 319 g/mol. The second kappa shape index (κ2) is 6.16. The van der Waals surface area contributed by atoms with E-state index >= 15 is 0 Å². The number of hydrogen-bond donors (Lipinski definition) is 1. The first-order valence-corrected chi connectivity index (χ1v) is 7.23. The summed E-state index contributed by atoms with van der Waals surface area (Å²) in [5, 5.41) is 4.97. The standard InChI is InChI=1S/C14H13ClF3NS/c1-9-11(6-19-8-14(16,17)18)7-20-13(9)10-2-4-12(15)5-3-10/h2-5,7,19H,6,8H2,1H3. The van der Waals surface area contributed by atoms with Gasteiger partial charge in [0.05, 0.1) is 6.54 Å². The van der Waals surface area contributed by atoms with Crippen molar-refractivity contribution in [3.05, 3.63) is 45.8 Å². The van der Waals surface area contributed by atoms with Gasteiger partial charge in [0.1, 0.15) is 0 Å². The second-order valence-electron chi connectivity index (χ2n) is 4.44. The summed E-state index contributed by atoms with van der Waals surface area (Å²) >= 11 is 7.37. The largest absolute Gasteiger partial charge is 0.401 e. The van der Waals surface area contributed by atoms with Crippen LogP contribution >= 0.6 is 22.9 Å². The van der Waals surface area contributed by atoms with Crippen molar-refractivity contribution >= 4 is 22.9 Å². The molecule has 6 heteroatoms. The maximum atomic E-state index is 12.1. The summed E-state index contributed by atoms with van der Waals surface area (Å²) in [5.74, 6) is 0. The van der Waals surface area contributed by atoms with Crippen LogP contribution in [0.1, 0.15) is 11.1 Å². The zero-order valence-electron chi connectivity index (χ0n) is 10.7. The van der Waals surface area contributed by atoms with E-state index in [9.17, 15) is 13.2 Å². The van der Waals surface area contributed by atoms with Crippen molar-refractivity contribution in [2.45, 2.75) is 19.6 Å². The highest BCUT2D eigenvalue weighted by atomic mass is 35.5. The van der Waals surface area contributed by atoms with Crippen LogP contribution in [0.4, 0.5) is 13.2 Å². The van der Waals surface area contributed by atoms with Crippen LogP contribution < -0.4 is 5.32 Å². The van der Waals surface area contributed by atoms with Gasteiger partial charge in [-0.05, 0) is 41.1 Å². The van der Waals surface area contributed by atoms with E-state index < -0.39 is 12.7 Å². The van der Waals surface area contributed by atoms with E-state index in [0.29, 0.717) is 5.02 Å². The summed E-state index contributed by atoms with van der Waals surface area (Å²) in [5.41, 5.74) is 2.93. The molecule has 108 valence electrons. The van der Waals surface area contributed by atoms with Gasteiger partial charge in [-0.2, -0.15) is 13.2 Å². The Hall–Kier alpha value is -1.04. The number of thiophene rings is 1. The number of rotatable bonds is 4. The smallest absolute Gasteiger partial charge is 0.305 e. The van der Waals surface area contributed by atoms with E-state index in [2.05, 4.69) is 5.32 Å². The lowest BCUT2D eigenvalue weighted by Crippen LogP contribution is -2.28. The third kappa shape index (κ3) is 3.98. The van der Waals surface area contributed by atoms with E-state index in [1.54, 1.807) is 12.1 Å². The lowest BCUT2D eigenvalue weighted by Gasteiger charge is -2.08. The van der Waals surface area contributed by atoms with E-state index in [0.717, 1.165) is 21.6 Å². The molecule has 0 bridgehead atoms. The van der Waals surface area contributed by atoms with Gasteiger partial charge in [-0.1, -0.05) is 23.7 Å². The third-order valence-electron chi connectivity index (χ3n) is 2.89. The van der Waals surface area contributed by atoms with Crippen molar-refractivity contribution in [1.29, 1.82) is 0 Å². The van der Waals surface area contributed by atoms with Crippen molar-refractivity contribution in [3.63, 3.8) is 0 Å². The minimum absolute atomic E-state index is 0.218. The number of alkyl halides is 3. The summed E-state index contributed by atoms with van der Waals surface area (Å²) in [7, 11) is 0. The molecule has 1 nitrogen and oxygen atoms in total. The van der Waals surface area contributed by atoms with Crippen molar-refractivity contribution in [1.82, 2.24) is 5.32 Å². The van der Waals surface area contributed by atoms with Gasteiger partial charge in [-0.25, -0.2) is 0 Å². The molecule has 0 saturated carbocycles. The van der Waals surface area contributed by atoms with E-state index in [1.807, 2.05) is 24.4 Å². The van der Waals surface area contributed by atoms with Crippen molar-refractivity contribution in [3.8, 4) is 10.4 Å². The quantitative estimate of drug-likeness (QED) is 0.833. The van der Waals surface area contributed by atoms with E-state index in [4.69, 9.17) is 11.6 Å². The molecule has 0 saturated heterocycles. The van der Waals surface area contributed by atoms with Crippen LogP contribution in [-0.2, 0) is 6.54 Å². The molecule has 2 rings (SSSR count). The Balaban J connectivity index is 2.09. The molecule has 0 radical (unpaired) electrons. The highest BCUT2D eigenvalue weighted by Gasteiger charge is 2.26. The number of nitrogens with one attached hydrogen (secondary N) is 1. The minimum atomic E-state index is -4.18. The summed E-state index contributed by atoms with van der Waals surface area (Å²) in [6.45, 7) is 1.17. The van der Waals surface area contributed by atoms with Gasteiger partial charge in [0.15, 0.2) is 0 Å². The fourth-order valence-electron chi connectivity index (χ4n) is 1.85. The third-order valence-corrected chi connectivity index (χ3v) is 4.32. The molecular weight excluding hydrogens is 307 g/mol. The maximum Gasteiger partial charge on any atom is 0.401 e. The van der Waals surface area contributed by atoms with Gasteiger partial charge in [0.25, 0.3) is 0 Å². The lowest BCUT2D eigenvalue weighted by atomic mass is 10.1. The molecule has 1 heterocycles. The summed E-state index contributed by atoms with van der Waals surface area (Å²) in [6.07, 6.45) is -4.18. The Bertz CT molecular complexity index is 575. The molecule has 0 aliphatic carbocycles. The number of halogens is 4. The first kappa shape index (κ1) is 15.4. The molecule has 1 N–H and O–H groups in total. The summed E-state index contributed by atoms with van der Waals surface area (Å²) in [6, 6.07) is 7.43. The fraction of sp³-hybridized carbons (Fsp3) is 0.286. The van der Waals surface area contributed by atoms with Gasteiger partial charge < -0.3 is 5.32 Å². The average molecular weight is 320 g/mol. The summed E-state index contributed by atoms with van der Waals surface area (Å²) in [4.78, 5) is 1.06. The Morgan fingerprint density at radius 3 is 2.45 bits per heavy atom. The van der Waals surface area contributed by atoms with Crippen LogP contribution in [0.3, 0.4) is 0 Å². The normalized spacial score (nSPS) is 11.8. The van der Waals surface area contributed by atoms with Crippen LogP contribution in [-0.4, -0.2) is 12.7 Å². The van der Waals surface area contributed by atoms with Gasteiger partial charge >= 0.3 is 6.18 Å². The molecule has 0 amide bonds. The topological polar surface area (TPSA) is 12.0 Å². The van der Waals surface area contributed by atoms with Crippen LogP contribution in [0.15, 0.2) is 29.6 Å². The molecule has 0 aliphatic heterocycles. The maximum absolute atomic E-state index is 12.1. The molecule has 20 heavy (non-hydrogen) atoms. The molecule has 1 aromatic carbocycles. The highest BCUT2D eigenvalue weighted by molar-refractivity contribution is 7.14. The lowest BCUT2D eigenvalue weighted by molar-refractivity contribution is -0.125. The van der Waals surface area contributed by atoms with Gasteiger partial charge in [0.2, 0.25) is 0 Å². The van der Waals surface area contributed by atoms with E-state index in [-0.39, 0.29) is 6.54 Å². The fourth-order valence-corrected chi connectivity index (χ4v) is 3.08. The highest BCUT2D eigenvalue weighted by Crippen LogP contribution is 2.33. The average Bonchev–Trinajstić information content (AvgIpc) is 2.71.